The topological polar surface area (TPSA) is 114 Å². The Morgan fingerprint density at radius 1 is 1.33 bits per heavy atom. The molecule has 1 aromatic rings. The summed E-state index contributed by atoms with van der Waals surface area (Å²) in [6.45, 7) is 1.77. The fourth-order valence-electron chi connectivity index (χ4n) is 1.85. The minimum atomic E-state index is -3.47. The Balaban J connectivity index is 1.94. The lowest BCUT2D eigenvalue weighted by Crippen LogP contribution is -2.42. The number of nitro benzene ring substituents is 1. The highest BCUT2D eigenvalue weighted by molar-refractivity contribution is 7.91. The molecular formula is C12H16N4O4S. The molecule has 0 aromatic heterocycles. The van der Waals surface area contributed by atoms with Gasteiger partial charge in [-0.3, -0.25) is 15.1 Å². The number of nitro groups is 1. The molecule has 2 N–H and O–H groups in total. The monoisotopic (exact) mass is 312 g/mol. The molecule has 2 rings (SSSR count). The fourth-order valence-corrected chi connectivity index (χ4v) is 3.01. The Labute approximate surface area is 122 Å². The van der Waals surface area contributed by atoms with Gasteiger partial charge in [0, 0.05) is 31.8 Å². The number of sulfone groups is 1. The highest BCUT2D eigenvalue weighted by Crippen LogP contribution is 2.16. The summed E-state index contributed by atoms with van der Waals surface area (Å²) in [7, 11) is -3.47. The number of benzene rings is 1. The average Bonchev–Trinajstić information content (AvgIpc) is 2.48. The number of hydrogen-bond donors (Lipinski definition) is 2. The van der Waals surface area contributed by atoms with Crippen LogP contribution in [0.4, 0.5) is 5.69 Å². The van der Waals surface area contributed by atoms with E-state index in [1.807, 2.05) is 0 Å². The van der Waals surface area contributed by atoms with Gasteiger partial charge in [0.05, 0.1) is 15.6 Å². The summed E-state index contributed by atoms with van der Waals surface area (Å²) in [6, 6.07) is 4.88. The number of non-ortho nitro benzene ring substituents is 1. The van der Waals surface area contributed by atoms with Crippen molar-refractivity contribution in [2.24, 2.45) is 4.99 Å². The van der Waals surface area contributed by atoms with Crippen molar-refractivity contribution in [2.45, 2.75) is 11.3 Å². The van der Waals surface area contributed by atoms with Crippen molar-refractivity contribution in [3.05, 3.63) is 34.4 Å². The predicted octanol–water partition coefficient (Wildman–Crippen LogP) is 0.307. The Morgan fingerprint density at radius 2 is 2.05 bits per heavy atom. The van der Waals surface area contributed by atoms with E-state index >= 15 is 0 Å². The van der Waals surface area contributed by atoms with Crippen LogP contribution in [0.2, 0.25) is 0 Å². The summed E-state index contributed by atoms with van der Waals surface area (Å²) < 4.78 is 24.2. The van der Waals surface area contributed by atoms with Crippen LogP contribution in [-0.4, -0.2) is 44.7 Å². The van der Waals surface area contributed by atoms with E-state index in [1.54, 1.807) is 0 Å². The van der Waals surface area contributed by atoms with E-state index in [0.29, 0.717) is 5.96 Å². The molecule has 0 atom stereocenters. The largest absolute Gasteiger partial charge is 0.356 e. The molecule has 1 aliphatic heterocycles. The van der Waals surface area contributed by atoms with Crippen molar-refractivity contribution in [3.8, 4) is 0 Å². The number of aliphatic imine (C=N–C) groups is 1. The molecule has 1 heterocycles. The zero-order valence-corrected chi connectivity index (χ0v) is 12.1. The molecular weight excluding hydrogens is 296 g/mol. The van der Waals surface area contributed by atoms with Gasteiger partial charge < -0.3 is 10.6 Å². The molecule has 1 aromatic carbocycles. The lowest BCUT2D eigenvalue weighted by atomic mass is 10.3. The van der Waals surface area contributed by atoms with E-state index in [2.05, 4.69) is 15.6 Å². The average molecular weight is 312 g/mol. The minimum absolute atomic E-state index is 0.0773. The predicted molar refractivity (Wildman–Crippen MR) is 78.1 cm³/mol. The van der Waals surface area contributed by atoms with Crippen molar-refractivity contribution in [2.75, 3.05) is 25.4 Å². The van der Waals surface area contributed by atoms with Crippen molar-refractivity contribution in [3.63, 3.8) is 0 Å². The highest BCUT2D eigenvalue weighted by atomic mass is 32.2. The van der Waals surface area contributed by atoms with Gasteiger partial charge in [0.2, 0.25) is 0 Å². The zero-order valence-electron chi connectivity index (χ0n) is 11.3. The summed E-state index contributed by atoms with van der Waals surface area (Å²) >= 11 is 0. The van der Waals surface area contributed by atoms with Crippen molar-refractivity contribution in [1.29, 1.82) is 0 Å². The first kappa shape index (κ1) is 15.2. The van der Waals surface area contributed by atoms with Crippen LogP contribution in [0.25, 0.3) is 0 Å². The van der Waals surface area contributed by atoms with Gasteiger partial charge in [-0.15, -0.1) is 0 Å². The number of guanidine groups is 1. The van der Waals surface area contributed by atoms with Gasteiger partial charge >= 0.3 is 0 Å². The summed E-state index contributed by atoms with van der Waals surface area (Å²) in [4.78, 5) is 14.2. The molecule has 114 valence electrons. The second kappa shape index (κ2) is 6.53. The van der Waals surface area contributed by atoms with Gasteiger partial charge in [-0.2, -0.15) is 0 Å². The quantitative estimate of drug-likeness (QED) is 0.597. The number of nitrogens with one attached hydrogen (secondary N) is 2. The van der Waals surface area contributed by atoms with Crippen molar-refractivity contribution >= 4 is 21.5 Å². The van der Waals surface area contributed by atoms with Crippen LogP contribution >= 0.6 is 0 Å². The first-order valence-electron chi connectivity index (χ1n) is 6.48. The first-order valence-corrected chi connectivity index (χ1v) is 8.14. The number of hydrogen-bond acceptors (Lipinski definition) is 7. The SMILES string of the molecule is O=[N+]([O-])c1ccc(S(=O)(=O)CCNC2=NCCCN2)cc1. The lowest BCUT2D eigenvalue weighted by Gasteiger charge is -2.15. The standard InChI is InChI=1S/C12H16N4O4S/c17-16(18)10-2-4-11(5-3-10)21(19,20)9-8-15-12-13-6-1-7-14-12/h2-5H,1,6-9H2,(H2,13,14,15). The van der Waals surface area contributed by atoms with E-state index in [-0.39, 0.29) is 22.9 Å². The molecule has 0 aliphatic carbocycles. The molecule has 0 saturated heterocycles. The van der Waals surface area contributed by atoms with Gasteiger partial charge in [0.25, 0.3) is 5.69 Å². The summed E-state index contributed by atoms with van der Waals surface area (Å²) in [5.74, 6) is 0.506. The Kier molecular flexibility index (Phi) is 4.73. The molecule has 0 radical (unpaired) electrons. The molecule has 1 aliphatic rings. The van der Waals surface area contributed by atoms with E-state index in [0.717, 1.165) is 19.5 Å². The van der Waals surface area contributed by atoms with E-state index in [4.69, 9.17) is 0 Å². The van der Waals surface area contributed by atoms with Crippen LogP contribution in [0, 0.1) is 10.1 Å². The van der Waals surface area contributed by atoms with Crippen LogP contribution in [0.1, 0.15) is 6.42 Å². The normalized spacial score (nSPS) is 15.0. The smallest absolute Gasteiger partial charge is 0.269 e. The summed E-state index contributed by atoms with van der Waals surface area (Å²) in [5, 5.41) is 16.5. The third-order valence-corrected chi connectivity index (χ3v) is 4.70. The highest BCUT2D eigenvalue weighted by Gasteiger charge is 2.16. The van der Waals surface area contributed by atoms with E-state index in [1.165, 1.54) is 24.3 Å². The van der Waals surface area contributed by atoms with Crippen LogP contribution in [0.3, 0.4) is 0 Å². The minimum Gasteiger partial charge on any atom is -0.356 e. The summed E-state index contributed by atoms with van der Waals surface area (Å²) in [6.07, 6.45) is 0.965. The molecule has 21 heavy (non-hydrogen) atoms. The summed E-state index contributed by atoms with van der Waals surface area (Å²) in [5.41, 5.74) is -0.132. The molecule has 8 nitrogen and oxygen atoms in total. The maximum Gasteiger partial charge on any atom is 0.269 e. The van der Waals surface area contributed by atoms with Gasteiger partial charge in [0.15, 0.2) is 15.8 Å². The number of nitrogens with zero attached hydrogens (tertiary/aromatic N) is 2. The van der Waals surface area contributed by atoms with Crippen LogP contribution in [0.15, 0.2) is 34.2 Å². The molecule has 9 heteroatoms. The van der Waals surface area contributed by atoms with Gasteiger partial charge in [-0.05, 0) is 18.6 Å². The van der Waals surface area contributed by atoms with Gasteiger partial charge in [-0.25, -0.2) is 8.42 Å². The molecule has 0 spiro atoms. The molecule has 0 unspecified atom stereocenters. The van der Waals surface area contributed by atoms with E-state index < -0.39 is 14.8 Å². The van der Waals surface area contributed by atoms with Crippen LogP contribution < -0.4 is 10.6 Å². The number of rotatable bonds is 5. The first-order chi connectivity index (χ1) is 9.99. The second-order valence-electron chi connectivity index (χ2n) is 4.51. The van der Waals surface area contributed by atoms with E-state index in [9.17, 15) is 18.5 Å². The second-order valence-corrected chi connectivity index (χ2v) is 6.62. The lowest BCUT2D eigenvalue weighted by molar-refractivity contribution is -0.384. The maximum absolute atomic E-state index is 12.1. The fraction of sp³-hybridized carbons (Fsp3) is 0.417. The maximum atomic E-state index is 12.1. The zero-order chi connectivity index (χ0) is 15.3. The van der Waals surface area contributed by atoms with Gasteiger partial charge in [0.1, 0.15) is 0 Å². The third-order valence-electron chi connectivity index (χ3n) is 2.97. The molecule has 0 bridgehead atoms. The van der Waals surface area contributed by atoms with Gasteiger partial charge in [-0.1, -0.05) is 0 Å². The Bertz CT molecular complexity index is 640. The van der Waals surface area contributed by atoms with Crippen LogP contribution in [0.5, 0.6) is 0 Å². The van der Waals surface area contributed by atoms with Crippen molar-refractivity contribution in [1.82, 2.24) is 10.6 Å². The Morgan fingerprint density at radius 3 is 2.62 bits per heavy atom. The molecule has 0 saturated carbocycles. The molecule has 0 fully saturated rings. The molecule has 0 amide bonds. The van der Waals surface area contributed by atoms with Crippen molar-refractivity contribution < 1.29 is 13.3 Å². The van der Waals surface area contributed by atoms with Crippen LogP contribution in [-0.2, 0) is 9.84 Å². The third kappa shape index (κ3) is 4.15. The Hall–Kier alpha value is -2.16.